The van der Waals surface area contributed by atoms with E-state index in [4.69, 9.17) is 14.5 Å². The van der Waals surface area contributed by atoms with Gasteiger partial charge in [0.05, 0.1) is 18.4 Å². The molecule has 0 aliphatic rings. The second-order valence-electron chi connectivity index (χ2n) is 10.6. The van der Waals surface area contributed by atoms with Gasteiger partial charge in [0.25, 0.3) is 5.91 Å². The van der Waals surface area contributed by atoms with Crippen LogP contribution in [0.1, 0.15) is 53.5 Å². The molecule has 0 aliphatic carbocycles. The van der Waals surface area contributed by atoms with E-state index in [1.54, 1.807) is 33.9 Å². The highest BCUT2D eigenvalue weighted by atomic mass is 16.6. The molecule has 3 aromatic carbocycles. The molecule has 0 radical (unpaired) electrons. The van der Waals surface area contributed by atoms with Gasteiger partial charge in [0.2, 0.25) is 5.95 Å². The smallest absolute Gasteiger partial charge is 0.412 e. The Morgan fingerprint density at radius 3 is 2.37 bits per heavy atom. The third-order valence-electron chi connectivity index (χ3n) is 5.96. The van der Waals surface area contributed by atoms with Crippen LogP contribution >= 0.6 is 0 Å². The SMILES string of the molecule is COc1cccc(Nc2ncc(C(=O)NCc3ccc(C)cc3)c(Cc3cccc(NC(=O)OC(C)(C)C)c3)n2)c1. The molecule has 0 atom stereocenters. The van der Waals surface area contributed by atoms with Crippen molar-refractivity contribution in [3.05, 3.63) is 107 Å². The van der Waals surface area contributed by atoms with Crippen LogP contribution in [-0.4, -0.2) is 34.7 Å². The summed E-state index contributed by atoms with van der Waals surface area (Å²) < 4.78 is 10.7. The molecule has 0 aliphatic heterocycles. The van der Waals surface area contributed by atoms with Gasteiger partial charge in [0.1, 0.15) is 11.4 Å². The number of methoxy groups -OCH3 is 1. The maximum atomic E-state index is 13.3. The average Bonchev–Trinajstić information content (AvgIpc) is 2.92. The number of amides is 2. The molecule has 0 unspecified atom stereocenters. The standard InChI is InChI=1S/C32H35N5O4/c1-21-12-14-22(15-13-21)19-33-29(38)27-20-34-30(35-25-10-7-11-26(18-25)40-5)37-28(27)17-23-8-6-9-24(16-23)36-31(39)41-32(2,3)4/h6-16,18,20H,17,19H2,1-5H3,(H,33,38)(H,36,39)(H,34,35,37). The van der Waals surface area contributed by atoms with Gasteiger partial charge < -0.3 is 20.1 Å². The average molecular weight is 554 g/mol. The Labute approximate surface area is 240 Å². The van der Waals surface area contributed by atoms with Crippen LogP contribution in [0.15, 0.2) is 79.0 Å². The number of anilines is 3. The van der Waals surface area contributed by atoms with Crippen molar-refractivity contribution in [1.82, 2.24) is 15.3 Å². The number of ether oxygens (including phenoxy) is 2. The molecule has 41 heavy (non-hydrogen) atoms. The molecule has 1 heterocycles. The minimum atomic E-state index is -0.615. The van der Waals surface area contributed by atoms with Crippen LogP contribution in [0.4, 0.5) is 22.1 Å². The fourth-order valence-electron chi connectivity index (χ4n) is 3.99. The lowest BCUT2D eigenvalue weighted by Gasteiger charge is -2.19. The van der Waals surface area contributed by atoms with E-state index in [9.17, 15) is 9.59 Å². The van der Waals surface area contributed by atoms with Gasteiger partial charge in [0, 0.05) is 36.6 Å². The first-order valence-corrected chi connectivity index (χ1v) is 13.3. The first kappa shape index (κ1) is 29.1. The Balaban J connectivity index is 1.58. The van der Waals surface area contributed by atoms with Gasteiger partial charge in [-0.15, -0.1) is 0 Å². The van der Waals surface area contributed by atoms with Crippen molar-refractivity contribution >= 4 is 29.3 Å². The van der Waals surface area contributed by atoms with Crippen LogP contribution < -0.4 is 20.7 Å². The van der Waals surface area contributed by atoms with Crippen LogP contribution in [0.5, 0.6) is 5.75 Å². The minimum Gasteiger partial charge on any atom is -0.497 e. The van der Waals surface area contributed by atoms with Gasteiger partial charge in [-0.25, -0.2) is 14.8 Å². The van der Waals surface area contributed by atoms with Crippen LogP contribution in [0.25, 0.3) is 0 Å². The zero-order valence-electron chi connectivity index (χ0n) is 23.9. The summed E-state index contributed by atoms with van der Waals surface area (Å²) in [6.45, 7) is 7.81. The van der Waals surface area contributed by atoms with E-state index in [2.05, 4.69) is 20.9 Å². The second kappa shape index (κ2) is 13.0. The Kier molecular flexibility index (Phi) is 9.19. The zero-order chi connectivity index (χ0) is 29.4. The molecule has 0 spiro atoms. The molecule has 4 aromatic rings. The Hall–Kier alpha value is -4.92. The summed E-state index contributed by atoms with van der Waals surface area (Å²) in [5.41, 5.74) is 4.58. The molecular formula is C32H35N5O4. The van der Waals surface area contributed by atoms with Gasteiger partial charge in [-0.05, 0) is 63.1 Å². The number of aromatic nitrogens is 2. The molecule has 4 rings (SSSR count). The molecule has 1 aromatic heterocycles. The van der Waals surface area contributed by atoms with Gasteiger partial charge in [-0.3, -0.25) is 10.1 Å². The van der Waals surface area contributed by atoms with Crippen LogP contribution in [0, 0.1) is 6.92 Å². The van der Waals surface area contributed by atoms with Crippen molar-refractivity contribution in [1.29, 1.82) is 0 Å². The Morgan fingerprint density at radius 2 is 1.63 bits per heavy atom. The normalized spacial score (nSPS) is 11.0. The van der Waals surface area contributed by atoms with E-state index < -0.39 is 11.7 Å². The van der Waals surface area contributed by atoms with Crippen LogP contribution in [0.3, 0.4) is 0 Å². The van der Waals surface area contributed by atoms with Crippen LogP contribution in [-0.2, 0) is 17.7 Å². The molecule has 0 saturated carbocycles. The fraction of sp³-hybridized carbons (Fsp3) is 0.250. The van der Waals surface area contributed by atoms with Gasteiger partial charge in [-0.2, -0.15) is 0 Å². The number of nitrogens with zero attached hydrogens (tertiary/aromatic N) is 2. The summed E-state index contributed by atoms with van der Waals surface area (Å²) in [5, 5.41) is 8.92. The van der Waals surface area contributed by atoms with Crippen molar-refractivity contribution in [2.24, 2.45) is 0 Å². The second-order valence-corrected chi connectivity index (χ2v) is 10.6. The Bertz CT molecular complexity index is 1510. The topological polar surface area (TPSA) is 114 Å². The molecule has 212 valence electrons. The zero-order valence-corrected chi connectivity index (χ0v) is 23.9. The Morgan fingerprint density at radius 1 is 0.902 bits per heavy atom. The summed E-state index contributed by atoms with van der Waals surface area (Å²) in [4.78, 5) is 34.7. The van der Waals surface area contributed by atoms with E-state index in [0.717, 1.165) is 22.4 Å². The molecular weight excluding hydrogens is 518 g/mol. The van der Waals surface area contributed by atoms with Gasteiger partial charge in [0.15, 0.2) is 0 Å². The molecule has 9 heteroatoms. The largest absolute Gasteiger partial charge is 0.497 e. The third kappa shape index (κ3) is 8.79. The van der Waals surface area contributed by atoms with Crippen molar-refractivity contribution < 1.29 is 19.1 Å². The number of hydrogen-bond donors (Lipinski definition) is 3. The number of nitrogens with one attached hydrogen (secondary N) is 3. The number of aryl methyl sites for hydroxylation is 1. The lowest BCUT2D eigenvalue weighted by atomic mass is 10.0. The quantitative estimate of drug-likeness (QED) is 0.220. The minimum absolute atomic E-state index is 0.281. The molecule has 2 amide bonds. The number of carbonyl (C=O) groups excluding carboxylic acids is 2. The van der Waals surface area contributed by atoms with Crippen molar-refractivity contribution in [3.8, 4) is 5.75 Å². The predicted molar refractivity (Wildman–Crippen MR) is 160 cm³/mol. The number of carbonyl (C=O) groups is 2. The first-order valence-electron chi connectivity index (χ1n) is 13.3. The van der Waals surface area contributed by atoms with Crippen molar-refractivity contribution in [2.75, 3.05) is 17.7 Å². The third-order valence-corrected chi connectivity index (χ3v) is 5.96. The van der Waals surface area contributed by atoms with E-state index in [0.29, 0.717) is 41.6 Å². The summed E-state index contributed by atoms with van der Waals surface area (Å²) in [7, 11) is 1.60. The highest BCUT2D eigenvalue weighted by molar-refractivity contribution is 5.95. The summed E-state index contributed by atoms with van der Waals surface area (Å²) >= 11 is 0. The fourth-order valence-corrected chi connectivity index (χ4v) is 3.99. The van der Waals surface area contributed by atoms with E-state index in [1.807, 2.05) is 73.7 Å². The highest BCUT2D eigenvalue weighted by Gasteiger charge is 2.18. The predicted octanol–water partition coefficient (Wildman–Crippen LogP) is 6.41. The van der Waals surface area contributed by atoms with Crippen molar-refractivity contribution in [3.63, 3.8) is 0 Å². The monoisotopic (exact) mass is 553 g/mol. The molecule has 9 nitrogen and oxygen atoms in total. The number of rotatable bonds is 9. The molecule has 0 saturated heterocycles. The lowest BCUT2D eigenvalue weighted by molar-refractivity contribution is 0.0635. The van der Waals surface area contributed by atoms with Gasteiger partial charge >= 0.3 is 6.09 Å². The van der Waals surface area contributed by atoms with E-state index in [-0.39, 0.29) is 5.91 Å². The maximum Gasteiger partial charge on any atom is 0.412 e. The number of benzene rings is 3. The van der Waals surface area contributed by atoms with E-state index in [1.165, 1.54) is 6.20 Å². The lowest BCUT2D eigenvalue weighted by Crippen LogP contribution is -2.27. The highest BCUT2D eigenvalue weighted by Crippen LogP contribution is 2.22. The maximum absolute atomic E-state index is 13.3. The molecule has 0 bridgehead atoms. The summed E-state index contributed by atoms with van der Waals surface area (Å²) in [5.74, 6) is 0.750. The number of hydrogen-bond acceptors (Lipinski definition) is 7. The summed E-state index contributed by atoms with van der Waals surface area (Å²) in [6, 6.07) is 22.7. The first-order chi connectivity index (χ1) is 19.6. The van der Waals surface area contributed by atoms with Crippen LogP contribution in [0.2, 0.25) is 0 Å². The van der Waals surface area contributed by atoms with E-state index >= 15 is 0 Å². The molecule has 3 N–H and O–H groups in total. The van der Waals surface area contributed by atoms with Gasteiger partial charge in [-0.1, -0.05) is 48.0 Å². The molecule has 0 fully saturated rings. The van der Waals surface area contributed by atoms with Crippen molar-refractivity contribution in [2.45, 2.75) is 46.3 Å². The summed E-state index contributed by atoms with van der Waals surface area (Å²) in [6.07, 6.45) is 1.31.